The molecule has 0 aliphatic rings. The topological polar surface area (TPSA) is 83.8 Å². The first-order chi connectivity index (χ1) is 7.83. The lowest BCUT2D eigenvalue weighted by molar-refractivity contribution is -0.148. The van der Waals surface area contributed by atoms with Crippen LogP contribution >= 0.6 is 0 Å². The summed E-state index contributed by atoms with van der Waals surface area (Å²) in [4.78, 5) is 21.6. The Bertz CT molecular complexity index is 436. The van der Waals surface area contributed by atoms with Gasteiger partial charge in [0, 0.05) is 0 Å². The van der Waals surface area contributed by atoms with E-state index in [1.807, 2.05) is 0 Å². The van der Waals surface area contributed by atoms with Crippen molar-refractivity contribution in [3.63, 3.8) is 0 Å². The van der Waals surface area contributed by atoms with E-state index in [0.29, 0.717) is 5.75 Å². The molecular weight excluding hydrogens is 224 g/mol. The summed E-state index contributed by atoms with van der Waals surface area (Å²) in [6.45, 7) is 3.05. The van der Waals surface area contributed by atoms with Crippen LogP contribution in [0.3, 0.4) is 0 Å². The van der Waals surface area contributed by atoms with Crippen LogP contribution in [0, 0.1) is 5.41 Å². The Morgan fingerprint density at radius 2 is 1.94 bits per heavy atom. The van der Waals surface area contributed by atoms with Crippen LogP contribution in [-0.2, 0) is 4.79 Å². The van der Waals surface area contributed by atoms with Crippen molar-refractivity contribution >= 4 is 11.9 Å². The molecule has 0 heterocycles. The van der Waals surface area contributed by atoms with Crippen LogP contribution in [0.25, 0.3) is 0 Å². The molecule has 5 nitrogen and oxygen atoms in total. The normalized spacial score (nSPS) is 10.9. The highest BCUT2D eigenvalue weighted by Gasteiger charge is 2.28. The predicted molar refractivity (Wildman–Crippen MR) is 60.3 cm³/mol. The van der Waals surface area contributed by atoms with E-state index < -0.39 is 17.4 Å². The summed E-state index contributed by atoms with van der Waals surface area (Å²) in [5, 5.41) is 17.7. The number of hydrogen-bond donors (Lipinski definition) is 2. The molecule has 0 aromatic heterocycles. The number of carboxylic acids is 2. The van der Waals surface area contributed by atoms with Crippen molar-refractivity contribution in [3.05, 3.63) is 29.8 Å². The Kier molecular flexibility index (Phi) is 3.73. The average molecular weight is 238 g/mol. The number of aliphatic carboxylic acids is 1. The Balaban J connectivity index is 2.73. The molecule has 0 unspecified atom stereocenters. The number of carbonyl (C=O) groups is 2. The van der Waals surface area contributed by atoms with Gasteiger partial charge in [0.05, 0.1) is 11.0 Å². The van der Waals surface area contributed by atoms with E-state index >= 15 is 0 Å². The first-order valence-electron chi connectivity index (χ1n) is 5.02. The molecule has 0 radical (unpaired) electrons. The minimum Gasteiger partial charge on any atom is -0.492 e. The highest BCUT2D eigenvalue weighted by atomic mass is 16.5. The highest BCUT2D eigenvalue weighted by Crippen LogP contribution is 2.19. The van der Waals surface area contributed by atoms with Crippen molar-refractivity contribution < 1.29 is 24.5 Å². The third kappa shape index (κ3) is 3.48. The van der Waals surface area contributed by atoms with Crippen LogP contribution in [0.1, 0.15) is 24.2 Å². The molecule has 0 aliphatic heterocycles. The molecule has 0 saturated carbocycles. The molecule has 5 heteroatoms. The van der Waals surface area contributed by atoms with E-state index in [1.54, 1.807) is 12.1 Å². The van der Waals surface area contributed by atoms with Crippen LogP contribution in [-0.4, -0.2) is 28.8 Å². The molecule has 0 fully saturated rings. The van der Waals surface area contributed by atoms with Crippen molar-refractivity contribution in [3.8, 4) is 5.75 Å². The summed E-state index contributed by atoms with van der Waals surface area (Å²) in [6.07, 6.45) is 0. The minimum absolute atomic E-state index is 0.0224. The second kappa shape index (κ2) is 4.86. The van der Waals surface area contributed by atoms with Gasteiger partial charge in [-0.3, -0.25) is 4.79 Å². The SMILES string of the molecule is CC(C)(COc1cccc(C(=O)O)c1)C(=O)O. The Morgan fingerprint density at radius 1 is 1.29 bits per heavy atom. The second-order valence-corrected chi connectivity index (χ2v) is 4.31. The number of benzene rings is 1. The number of carboxylic acid groups (broad SMARTS) is 2. The van der Waals surface area contributed by atoms with E-state index in [2.05, 4.69) is 0 Å². The molecule has 0 bridgehead atoms. The van der Waals surface area contributed by atoms with Gasteiger partial charge in [-0.15, -0.1) is 0 Å². The Labute approximate surface area is 98.6 Å². The number of ether oxygens (including phenoxy) is 1. The number of rotatable bonds is 5. The molecule has 0 atom stereocenters. The average Bonchev–Trinajstić information content (AvgIpc) is 2.26. The third-order valence-electron chi connectivity index (χ3n) is 2.26. The quantitative estimate of drug-likeness (QED) is 0.818. The van der Waals surface area contributed by atoms with Crippen LogP contribution in [0.2, 0.25) is 0 Å². The van der Waals surface area contributed by atoms with Gasteiger partial charge in [-0.1, -0.05) is 6.07 Å². The molecule has 2 N–H and O–H groups in total. The van der Waals surface area contributed by atoms with Crippen LogP contribution < -0.4 is 4.74 Å². The summed E-state index contributed by atoms with van der Waals surface area (Å²) >= 11 is 0. The molecule has 0 spiro atoms. The first kappa shape index (κ1) is 13.0. The van der Waals surface area contributed by atoms with Crippen molar-refractivity contribution in [2.75, 3.05) is 6.61 Å². The summed E-state index contributed by atoms with van der Waals surface area (Å²) in [5.41, 5.74) is -0.908. The maximum absolute atomic E-state index is 10.8. The summed E-state index contributed by atoms with van der Waals surface area (Å²) in [6, 6.07) is 5.94. The van der Waals surface area contributed by atoms with Crippen LogP contribution in [0.4, 0.5) is 0 Å². The summed E-state index contributed by atoms with van der Waals surface area (Å²) < 4.78 is 5.28. The Hall–Kier alpha value is -2.04. The van der Waals surface area contributed by atoms with Gasteiger partial charge in [-0.25, -0.2) is 4.79 Å². The minimum atomic E-state index is -1.05. The highest BCUT2D eigenvalue weighted by molar-refractivity contribution is 5.88. The lowest BCUT2D eigenvalue weighted by atomic mass is 9.95. The maximum atomic E-state index is 10.8. The van der Waals surface area contributed by atoms with Gasteiger partial charge < -0.3 is 14.9 Å². The largest absolute Gasteiger partial charge is 0.492 e. The zero-order chi connectivity index (χ0) is 13.1. The van der Waals surface area contributed by atoms with Gasteiger partial charge in [0.15, 0.2) is 0 Å². The second-order valence-electron chi connectivity index (χ2n) is 4.31. The van der Waals surface area contributed by atoms with Crippen LogP contribution in [0.15, 0.2) is 24.3 Å². The van der Waals surface area contributed by atoms with Gasteiger partial charge in [0.2, 0.25) is 0 Å². The Morgan fingerprint density at radius 3 is 2.47 bits per heavy atom. The van der Waals surface area contributed by atoms with Gasteiger partial charge in [-0.05, 0) is 32.0 Å². The molecule has 1 rings (SSSR count). The lowest BCUT2D eigenvalue weighted by Crippen LogP contribution is -2.30. The van der Waals surface area contributed by atoms with E-state index in [4.69, 9.17) is 14.9 Å². The van der Waals surface area contributed by atoms with Crippen molar-refractivity contribution in [1.82, 2.24) is 0 Å². The first-order valence-corrected chi connectivity index (χ1v) is 5.02. The predicted octanol–water partition coefficient (Wildman–Crippen LogP) is 1.87. The van der Waals surface area contributed by atoms with Gasteiger partial charge in [0.25, 0.3) is 0 Å². The molecule has 92 valence electrons. The summed E-state index contributed by atoms with van der Waals surface area (Å²) in [5.74, 6) is -1.67. The zero-order valence-electron chi connectivity index (χ0n) is 9.64. The molecule has 0 saturated heterocycles. The molecule has 0 aliphatic carbocycles. The molecule has 1 aromatic rings. The third-order valence-corrected chi connectivity index (χ3v) is 2.26. The monoisotopic (exact) mass is 238 g/mol. The lowest BCUT2D eigenvalue weighted by Gasteiger charge is -2.19. The molecule has 1 aromatic carbocycles. The maximum Gasteiger partial charge on any atom is 0.335 e. The van der Waals surface area contributed by atoms with E-state index in [0.717, 1.165) is 0 Å². The van der Waals surface area contributed by atoms with E-state index in [1.165, 1.54) is 26.0 Å². The standard InChI is InChI=1S/C12H14O5/c1-12(2,11(15)16)7-17-9-5-3-4-8(6-9)10(13)14/h3-6H,7H2,1-2H3,(H,13,14)(H,15,16). The number of aromatic carboxylic acids is 1. The zero-order valence-corrected chi connectivity index (χ0v) is 9.64. The fourth-order valence-electron chi connectivity index (χ4n) is 1.04. The molecular formula is C12H14O5. The van der Waals surface area contributed by atoms with Gasteiger partial charge >= 0.3 is 11.9 Å². The van der Waals surface area contributed by atoms with E-state index in [9.17, 15) is 9.59 Å². The van der Waals surface area contributed by atoms with Crippen LogP contribution in [0.5, 0.6) is 5.75 Å². The fourth-order valence-corrected chi connectivity index (χ4v) is 1.04. The van der Waals surface area contributed by atoms with Gasteiger partial charge in [0.1, 0.15) is 12.4 Å². The summed E-state index contributed by atoms with van der Waals surface area (Å²) in [7, 11) is 0. The van der Waals surface area contributed by atoms with Gasteiger partial charge in [-0.2, -0.15) is 0 Å². The smallest absolute Gasteiger partial charge is 0.335 e. The fraction of sp³-hybridized carbons (Fsp3) is 0.333. The molecule has 17 heavy (non-hydrogen) atoms. The van der Waals surface area contributed by atoms with E-state index in [-0.39, 0.29) is 12.2 Å². The van der Waals surface area contributed by atoms with Crippen molar-refractivity contribution in [2.45, 2.75) is 13.8 Å². The van der Waals surface area contributed by atoms with Crippen molar-refractivity contribution in [2.24, 2.45) is 5.41 Å². The van der Waals surface area contributed by atoms with Crippen molar-refractivity contribution in [1.29, 1.82) is 0 Å². The molecule has 0 amide bonds. The number of hydrogen-bond acceptors (Lipinski definition) is 3.